The molecule has 3 aromatic rings. The van der Waals surface area contributed by atoms with Gasteiger partial charge in [0, 0.05) is 6.20 Å². The van der Waals surface area contributed by atoms with Crippen LogP contribution in [0.5, 0.6) is 5.75 Å². The first-order chi connectivity index (χ1) is 10.5. The number of imidazole rings is 1. The molecule has 0 unspecified atom stereocenters. The molecule has 0 saturated carbocycles. The summed E-state index contributed by atoms with van der Waals surface area (Å²) >= 11 is 0. The van der Waals surface area contributed by atoms with Gasteiger partial charge in [0.05, 0.1) is 11.4 Å². The molecular weight excluding hydrogens is 278 g/mol. The van der Waals surface area contributed by atoms with Crippen LogP contribution in [0.4, 0.5) is 5.69 Å². The second kappa shape index (κ2) is 5.18. The maximum atomic E-state index is 12.6. The van der Waals surface area contributed by atoms with Gasteiger partial charge in [-0.25, -0.2) is 4.98 Å². The number of phenols is 1. The van der Waals surface area contributed by atoms with Gasteiger partial charge in [-0.3, -0.25) is 9.20 Å². The number of phenolic OH excluding ortho intramolecular Hbond substituents is 1. The average Bonchev–Trinajstić information content (AvgIpc) is 2.78. The number of aromatic hydroxyl groups is 1. The molecule has 2 N–H and O–H groups in total. The number of nitrogens with zero attached hydrogens (tertiary/aromatic N) is 2. The molecule has 5 nitrogen and oxygen atoms in total. The number of aryl methyl sites for hydroxylation is 3. The minimum atomic E-state index is -0.295. The van der Waals surface area contributed by atoms with E-state index in [-0.39, 0.29) is 11.7 Å². The van der Waals surface area contributed by atoms with Gasteiger partial charge in [0.1, 0.15) is 17.1 Å². The molecule has 1 aromatic carbocycles. The molecule has 0 aliphatic heterocycles. The molecule has 0 radical (unpaired) electrons. The number of pyridine rings is 1. The molecular formula is C17H17N3O2. The van der Waals surface area contributed by atoms with E-state index < -0.39 is 0 Å². The molecule has 0 saturated heterocycles. The Balaban J connectivity index is 2.04. The molecule has 0 spiro atoms. The van der Waals surface area contributed by atoms with Gasteiger partial charge in [0.2, 0.25) is 0 Å². The number of benzene rings is 1. The number of rotatable bonds is 2. The molecule has 0 atom stereocenters. The summed E-state index contributed by atoms with van der Waals surface area (Å²) in [6.45, 7) is 5.66. The number of amides is 1. The number of hydrogen-bond acceptors (Lipinski definition) is 3. The van der Waals surface area contributed by atoms with Crippen LogP contribution in [-0.2, 0) is 0 Å². The fourth-order valence-corrected chi connectivity index (χ4v) is 2.47. The number of carbonyl (C=O) groups excluding carboxylic acids is 1. The maximum absolute atomic E-state index is 12.6. The van der Waals surface area contributed by atoms with E-state index in [0.29, 0.717) is 17.1 Å². The maximum Gasteiger partial charge on any atom is 0.274 e. The second-order valence-electron chi connectivity index (χ2n) is 5.46. The molecule has 112 valence electrons. The van der Waals surface area contributed by atoms with E-state index >= 15 is 0 Å². The monoisotopic (exact) mass is 295 g/mol. The second-order valence-corrected chi connectivity index (χ2v) is 5.46. The smallest absolute Gasteiger partial charge is 0.274 e. The molecule has 2 heterocycles. The van der Waals surface area contributed by atoms with Crippen molar-refractivity contribution in [3.8, 4) is 5.75 Å². The lowest BCUT2D eigenvalue weighted by molar-refractivity contribution is 0.102. The molecule has 3 rings (SSSR count). The van der Waals surface area contributed by atoms with Crippen LogP contribution < -0.4 is 5.32 Å². The molecule has 5 heteroatoms. The highest BCUT2D eigenvalue weighted by Crippen LogP contribution is 2.25. The molecule has 0 bridgehead atoms. The Morgan fingerprint density at radius 1 is 1.14 bits per heavy atom. The zero-order valence-corrected chi connectivity index (χ0v) is 12.7. The van der Waals surface area contributed by atoms with Crippen LogP contribution >= 0.6 is 0 Å². The van der Waals surface area contributed by atoms with E-state index in [2.05, 4.69) is 10.3 Å². The van der Waals surface area contributed by atoms with Crippen molar-refractivity contribution in [1.82, 2.24) is 9.38 Å². The summed E-state index contributed by atoms with van der Waals surface area (Å²) in [5, 5.41) is 12.6. The highest BCUT2D eigenvalue weighted by Gasteiger charge is 2.17. The highest BCUT2D eigenvalue weighted by molar-refractivity contribution is 6.05. The fourth-order valence-electron chi connectivity index (χ4n) is 2.47. The molecule has 22 heavy (non-hydrogen) atoms. The van der Waals surface area contributed by atoms with E-state index in [1.165, 1.54) is 0 Å². The first-order valence-corrected chi connectivity index (χ1v) is 7.02. The van der Waals surface area contributed by atoms with E-state index in [4.69, 9.17) is 0 Å². The summed E-state index contributed by atoms with van der Waals surface area (Å²) in [5.74, 6) is -0.252. The van der Waals surface area contributed by atoms with Gasteiger partial charge >= 0.3 is 0 Å². The number of hydrogen-bond donors (Lipinski definition) is 2. The van der Waals surface area contributed by atoms with Gasteiger partial charge in [-0.05, 0) is 50.1 Å². The minimum absolute atomic E-state index is 0.0432. The zero-order chi connectivity index (χ0) is 15.9. The summed E-state index contributed by atoms with van der Waals surface area (Å²) in [7, 11) is 0. The number of anilines is 1. The Hall–Kier alpha value is -2.82. The summed E-state index contributed by atoms with van der Waals surface area (Å²) < 4.78 is 1.77. The van der Waals surface area contributed by atoms with Crippen molar-refractivity contribution >= 4 is 17.2 Å². The number of aromatic nitrogens is 2. The van der Waals surface area contributed by atoms with Crippen LogP contribution in [0.1, 0.15) is 27.3 Å². The topological polar surface area (TPSA) is 66.6 Å². The van der Waals surface area contributed by atoms with Crippen LogP contribution in [0, 0.1) is 20.8 Å². The van der Waals surface area contributed by atoms with Crippen LogP contribution in [0.2, 0.25) is 0 Å². The normalized spacial score (nSPS) is 10.9. The van der Waals surface area contributed by atoms with Gasteiger partial charge in [-0.2, -0.15) is 0 Å². The zero-order valence-electron chi connectivity index (χ0n) is 12.7. The SMILES string of the molecule is Cc1ccc(O)c(NC(=O)c2c(C)nc3ccc(C)cn23)c1. The van der Waals surface area contributed by atoms with Crippen LogP contribution in [0.15, 0.2) is 36.5 Å². The third kappa shape index (κ3) is 2.41. The van der Waals surface area contributed by atoms with Crippen molar-refractivity contribution in [1.29, 1.82) is 0 Å². The molecule has 0 fully saturated rings. The predicted octanol–water partition coefficient (Wildman–Crippen LogP) is 3.22. The molecule has 0 aliphatic carbocycles. The predicted molar refractivity (Wildman–Crippen MR) is 85.5 cm³/mol. The van der Waals surface area contributed by atoms with Gasteiger partial charge in [-0.1, -0.05) is 12.1 Å². The number of fused-ring (bicyclic) bond motifs is 1. The minimum Gasteiger partial charge on any atom is -0.506 e. The van der Waals surface area contributed by atoms with E-state index in [1.807, 2.05) is 32.2 Å². The highest BCUT2D eigenvalue weighted by atomic mass is 16.3. The summed E-state index contributed by atoms with van der Waals surface area (Å²) in [5.41, 5.74) is 4.24. The third-order valence-electron chi connectivity index (χ3n) is 3.56. The van der Waals surface area contributed by atoms with Crippen molar-refractivity contribution in [2.75, 3.05) is 5.32 Å². The Morgan fingerprint density at radius 3 is 2.64 bits per heavy atom. The lowest BCUT2D eigenvalue weighted by Crippen LogP contribution is -2.16. The standard InChI is InChI=1S/C17H17N3O2/c1-10-4-6-14(21)13(8-10)19-17(22)16-12(3)18-15-7-5-11(2)9-20(15)16/h4-9,21H,1-3H3,(H,19,22). The average molecular weight is 295 g/mol. The molecule has 0 aliphatic rings. The van der Waals surface area contributed by atoms with Crippen LogP contribution in [-0.4, -0.2) is 20.4 Å². The largest absolute Gasteiger partial charge is 0.506 e. The van der Waals surface area contributed by atoms with E-state index in [1.54, 1.807) is 29.5 Å². The lowest BCUT2D eigenvalue weighted by Gasteiger charge is -2.09. The van der Waals surface area contributed by atoms with Crippen LogP contribution in [0.3, 0.4) is 0 Å². The van der Waals surface area contributed by atoms with Gasteiger partial charge < -0.3 is 10.4 Å². The van der Waals surface area contributed by atoms with Crippen molar-refractivity contribution in [2.45, 2.75) is 20.8 Å². The molecule has 2 aromatic heterocycles. The van der Waals surface area contributed by atoms with Gasteiger partial charge in [-0.15, -0.1) is 0 Å². The Kier molecular flexibility index (Phi) is 3.33. The number of carbonyl (C=O) groups is 1. The van der Waals surface area contributed by atoms with E-state index in [9.17, 15) is 9.90 Å². The Morgan fingerprint density at radius 2 is 1.86 bits per heavy atom. The quantitative estimate of drug-likeness (QED) is 0.713. The lowest BCUT2D eigenvalue weighted by atomic mass is 10.2. The summed E-state index contributed by atoms with van der Waals surface area (Å²) in [4.78, 5) is 17.0. The van der Waals surface area contributed by atoms with Crippen molar-refractivity contribution in [2.24, 2.45) is 0 Å². The Labute approximate surface area is 128 Å². The fraction of sp³-hybridized carbons (Fsp3) is 0.176. The first-order valence-electron chi connectivity index (χ1n) is 7.02. The number of nitrogens with one attached hydrogen (secondary N) is 1. The van der Waals surface area contributed by atoms with Crippen molar-refractivity contribution < 1.29 is 9.90 Å². The van der Waals surface area contributed by atoms with Gasteiger partial charge in [0.15, 0.2) is 0 Å². The van der Waals surface area contributed by atoms with E-state index in [0.717, 1.165) is 16.8 Å². The van der Waals surface area contributed by atoms with Gasteiger partial charge in [0.25, 0.3) is 5.91 Å². The first kappa shape index (κ1) is 14.1. The van der Waals surface area contributed by atoms with Crippen LogP contribution in [0.25, 0.3) is 5.65 Å². The Bertz CT molecular complexity index is 881. The summed E-state index contributed by atoms with van der Waals surface area (Å²) in [6.07, 6.45) is 1.88. The molecule has 1 amide bonds. The third-order valence-corrected chi connectivity index (χ3v) is 3.56. The van der Waals surface area contributed by atoms with Crippen molar-refractivity contribution in [3.05, 3.63) is 59.0 Å². The van der Waals surface area contributed by atoms with Crippen molar-refractivity contribution in [3.63, 3.8) is 0 Å². The summed E-state index contributed by atoms with van der Waals surface area (Å²) in [6, 6.07) is 8.92.